The molecule has 1 fully saturated rings. The summed E-state index contributed by atoms with van der Waals surface area (Å²) in [4.78, 5) is 19.4. The van der Waals surface area contributed by atoms with Gasteiger partial charge in [0.05, 0.1) is 13.7 Å². The molecular weight excluding hydrogens is 424 g/mol. The van der Waals surface area contributed by atoms with E-state index in [1.54, 1.807) is 7.11 Å². The van der Waals surface area contributed by atoms with Gasteiger partial charge in [-0.15, -0.1) is 0 Å². The number of piperazine rings is 1. The van der Waals surface area contributed by atoms with Gasteiger partial charge in [-0.05, 0) is 42.9 Å². The molecule has 4 rings (SSSR count). The molecule has 1 amide bonds. The van der Waals surface area contributed by atoms with Crippen LogP contribution in [0.3, 0.4) is 0 Å². The number of methoxy groups -OCH3 is 1. The molecule has 6 nitrogen and oxygen atoms in total. The van der Waals surface area contributed by atoms with E-state index in [4.69, 9.17) is 4.74 Å². The third-order valence-electron chi connectivity index (χ3n) is 6.18. The van der Waals surface area contributed by atoms with Crippen LogP contribution < -0.4 is 15.0 Å². The standard InChI is InChI=1S/C28H34N4O2/c1-30(21-24-10-6-7-11-27(24)34-2)22-28(33)29-25-12-14-26(15-13-25)32-18-16-31(17-19-32)20-23-8-4-3-5-9-23/h3-15H,16-22H2,1-2H3,(H,29,33). The lowest BCUT2D eigenvalue weighted by Gasteiger charge is -2.36. The predicted octanol–water partition coefficient (Wildman–Crippen LogP) is 4.09. The molecule has 3 aromatic rings. The summed E-state index contributed by atoms with van der Waals surface area (Å²) in [7, 11) is 3.60. The van der Waals surface area contributed by atoms with E-state index in [0.717, 1.165) is 49.7 Å². The van der Waals surface area contributed by atoms with Gasteiger partial charge in [-0.1, -0.05) is 48.5 Å². The minimum absolute atomic E-state index is 0.0281. The summed E-state index contributed by atoms with van der Waals surface area (Å²) < 4.78 is 5.41. The Balaban J connectivity index is 1.23. The number of nitrogens with zero attached hydrogens (tertiary/aromatic N) is 3. The van der Waals surface area contributed by atoms with Crippen molar-refractivity contribution in [3.05, 3.63) is 90.0 Å². The number of carbonyl (C=O) groups excluding carboxylic acids is 1. The topological polar surface area (TPSA) is 48.1 Å². The van der Waals surface area contributed by atoms with Crippen molar-refractivity contribution in [1.29, 1.82) is 0 Å². The largest absolute Gasteiger partial charge is 0.496 e. The van der Waals surface area contributed by atoms with Crippen LogP contribution in [-0.2, 0) is 17.9 Å². The summed E-state index contributed by atoms with van der Waals surface area (Å²) in [5.74, 6) is 0.811. The summed E-state index contributed by atoms with van der Waals surface area (Å²) in [5.41, 5.74) is 4.45. The number of para-hydroxylation sites is 1. The van der Waals surface area contributed by atoms with Crippen LogP contribution in [0.25, 0.3) is 0 Å². The first-order valence-corrected chi connectivity index (χ1v) is 11.8. The Bertz CT molecular complexity index is 1050. The van der Waals surface area contributed by atoms with E-state index in [0.29, 0.717) is 13.1 Å². The lowest BCUT2D eigenvalue weighted by Crippen LogP contribution is -2.45. The van der Waals surface area contributed by atoms with Gasteiger partial charge in [-0.2, -0.15) is 0 Å². The molecule has 1 N–H and O–H groups in total. The summed E-state index contributed by atoms with van der Waals surface area (Å²) in [5, 5.41) is 3.01. The summed E-state index contributed by atoms with van der Waals surface area (Å²) in [6.07, 6.45) is 0. The van der Waals surface area contributed by atoms with Crippen molar-refractivity contribution in [2.45, 2.75) is 13.1 Å². The number of rotatable bonds is 9. The molecule has 0 bridgehead atoms. The Kier molecular flexibility index (Phi) is 8.17. The summed E-state index contributed by atoms with van der Waals surface area (Å²) in [6, 6.07) is 26.7. The second-order valence-corrected chi connectivity index (χ2v) is 8.83. The van der Waals surface area contributed by atoms with Gasteiger partial charge in [0.1, 0.15) is 5.75 Å². The fraction of sp³-hybridized carbons (Fsp3) is 0.321. The highest BCUT2D eigenvalue weighted by molar-refractivity contribution is 5.92. The normalized spacial score (nSPS) is 14.3. The predicted molar refractivity (Wildman–Crippen MR) is 138 cm³/mol. The second-order valence-electron chi connectivity index (χ2n) is 8.83. The van der Waals surface area contributed by atoms with Crippen molar-refractivity contribution in [2.75, 3.05) is 57.1 Å². The molecule has 1 heterocycles. The number of nitrogens with one attached hydrogen (secondary N) is 1. The van der Waals surface area contributed by atoms with Crippen molar-refractivity contribution in [3.63, 3.8) is 0 Å². The van der Waals surface area contributed by atoms with E-state index in [1.807, 2.05) is 48.3 Å². The zero-order valence-corrected chi connectivity index (χ0v) is 20.1. The molecule has 0 radical (unpaired) electrons. The molecule has 178 valence electrons. The van der Waals surface area contributed by atoms with Crippen LogP contribution in [-0.4, -0.2) is 62.6 Å². The number of carbonyl (C=O) groups is 1. The van der Waals surface area contributed by atoms with Gasteiger partial charge in [0.25, 0.3) is 0 Å². The van der Waals surface area contributed by atoms with E-state index < -0.39 is 0 Å². The Morgan fingerprint density at radius 1 is 0.912 bits per heavy atom. The van der Waals surface area contributed by atoms with Crippen LogP contribution in [0.1, 0.15) is 11.1 Å². The number of anilines is 2. The van der Waals surface area contributed by atoms with Gasteiger partial charge in [0.15, 0.2) is 0 Å². The Morgan fingerprint density at radius 2 is 1.59 bits per heavy atom. The third-order valence-corrected chi connectivity index (χ3v) is 6.18. The van der Waals surface area contributed by atoms with Crippen molar-refractivity contribution in [2.24, 2.45) is 0 Å². The number of likely N-dealkylation sites (N-methyl/N-ethyl adjacent to an activating group) is 1. The number of hydrogen-bond donors (Lipinski definition) is 1. The maximum Gasteiger partial charge on any atom is 0.238 e. The van der Waals surface area contributed by atoms with E-state index in [1.165, 1.54) is 11.3 Å². The third kappa shape index (κ3) is 6.59. The minimum atomic E-state index is -0.0281. The van der Waals surface area contributed by atoms with Crippen LogP contribution in [0, 0.1) is 0 Å². The highest BCUT2D eigenvalue weighted by Gasteiger charge is 2.17. The molecule has 0 aromatic heterocycles. The summed E-state index contributed by atoms with van der Waals surface area (Å²) >= 11 is 0. The van der Waals surface area contributed by atoms with Crippen LogP contribution in [0.5, 0.6) is 5.75 Å². The average Bonchev–Trinajstić information content (AvgIpc) is 2.86. The molecule has 6 heteroatoms. The highest BCUT2D eigenvalue weighted by atomic mass is 16.5. The number of amides is 1. The fourth-order valence-corrected chi connectivity index (χ4v) is 4.39. The molecule has 0 saturated carbocycles. The smallest absolute Gasteiger partial charge is 0.238 e. The van der Waals surface area contributed by atoms with Gasteiger partial charge in [0.2, 0.25) is 5.91 Å². The molecule has 1 saturated heterocycles. The van der Waals surface area contributed by atoms with E-state index in [2.05, 4.69) is 57.6 Å². The molecule has 1 aliphatic heterocycles. The van der Waals surface area contributed by atoms with Crippen LogP contribution in [0.2, 0.25) is 0 Å². The number of hydrogen-bond acceptors (Lipinski definition) is 5. The molecular formula is C28H34N4O2. The minimum Gasteiger partial charge on any atom is -0.496 e. The SMILES string of the molecule is COc1ccccc1CN(C)CC(=O)Nc1ccc(N2CCN(Cc3ccccc3)CC2)cc1. The summed E-state index contributed by atoms with van der Waals surface area (Å²) in [6.45, 7) is 6.07. The molecule has 34 heavy (non-hydrogen) atoms. The molecule has 0 spiro atoms. The quantitative estimate of drug-likeness (QED) is 0.523. The maximum atomic E-state index is 12.5. The molecule has 1 aliphatic rings. The monoisotopic (exact) mass is 458 g/mol. The van der Waals surface area contributed by atoms with Gasteiger partial charge in [0, 0.05) is 56.2 Å². The lowest BCUT2D eigenvalue weighted by atomic mass is 10.2. The Hall–Kier alpha value is -3.35. The number of benzene rings is 3. The zero-order valence-electron chi connectivity index (χ0n) is 20.1. The molecule has 0 unspecified atom stereocenters. The van der Waals surface area contributed by atoms with Crippen LogP contribution in [0.4, 0.5) is 11.4 Å². The number of ether oxygens (including phenoxy) is 1. The highest BCUT2D eigenvalue weighted by Crippen LogP contribution is 2.21. The van der Waals surface area contributed by atoms with Crippen molar-refractivity contribution < 1.29 is 9.53 Å². The van der Waals surface area contributed by atoms with Crippen molar-refractivity contribution in [1.82, 2.24) is 9.80 Å². The van der Waals surface area contributed by atoms with Crippen LogP contribution >= 0.6 is 0 Å². The van der Waals surface area contributed by atoms with E-state index in [9.17, 15) is 4.79 Å². The first-order chi connectivity index (χ1) is 16.6. The van der Waals surface area contributed by atoms with Gasteiger partial charge in [-0.3, -0.25) is 14.6 Å². The Labute approximate surface area is 202 Å². The van der Waals surface area contributed by atoms with Gasteiger partial charge < -0.3 is 15.0 Å². The zero-order chi connectivity index (χ0) is 23.8. The maximum absolute atomic E-state index is 12.5. The lowest BCUT2D eigenvalue weighted by molar-refractivity contribution is -0.117. The molecule has 0 atom stereocenters. The Morgan fingerprint density at radius 3 is 2.29 bits per heavy atom. The fourth-order valence-electron chi connectivity index (χ4n) is 4.39. The van der Waals surface area contributed by atoms with Gasteiger partial charge in [-0.25, -0.2) is 0 Å². The second kappa shape index (κ2) is 11.7. The molecule has 3 aromatic carbocycles. The first-order valence-electron chi connectivity index (χ1n) is 11.8. The van der Waals surface area contributed by atoms with Crippen LogP contribution in [0.15, 0.2) is 78.9 Å². The van der Waals surface area contributed by atoms with Gasteiger partial charge >= 0.3 is 0 Å². The van der Waals surface area contributed by atoms with Crippen molar-refractivity contribution >= 4 is 17.3 Å². The van der Waals surface area contributed by atoms with E-state index in [-0.39, 0.29) is 5.91 Å². The van der Waals surface area contributed by atoms with Crippen molar-refractivity contribution in [3.8, 4) is 5.75 Å². The van der Waals surface area contributed by atoms with E-state index >= 15 is 0 Å². The molecule has 0 aliphatic carbocycles. The first kappa shape index (κ1) is 23.8. The average molecular weight is 459 g/mol.